The van der Waals surface area contributed by atoms with Crippen molar-refractivity contribution < 1.29 is 0 Å². The Labute approximate surface area is 162 Å². The van der Waals surface area contributed by atoms with Crippen LogP contribution < -0.4 is 0 Å². The van der Waals surface area contributed by atoms with E-state index in [1.807, 2.05) is 0 Å². The molecule has 0 aliphatic carbocycles. The average molecular weight is 363 g/mol. The molecule has 0 aliphatic heterocycles. The Kier molecular flexibility index (Phi) is 16.1. The van der Waals surface area contributed by atoms with E-state index < -0.39 is 0 Å². The molecule has 0 aliphatic rings. The summed E-state index contributed by atoms with van der Waals surface area (Å²) >= 11 is 3.80. The van der Waals surface area contributed by atoms with Crippen LogP contribution in [0.2, 0.25) is 0 Å². The van der Waals surface area contributed by atoms with E-state index in [9.17, 15) is 0 Å². The summed E-state index contributed by atoms with van der Waals surface area (Å²) in [6, 6.07) is 10.8. The molecule has 0 spiro atoms. The fourth-order valence-electron chi connectivity index (χ4n) is 2.64. The van der Waals surface area contributed by atoms with Crippen molar-refractivity contribution in [3.05, 3.63) is 35.9 Å². The number of hydrogen-bond acceptors (Lipinski definition) is 0. The zero-order valence-corrected chi connectivity index (χ0v) is 14.7. The molecule has 1 rings (SSSR count). The maximum absolute atomic E-state index is 3.80. The molecule has 0 saturated carbocycles. The third kappa shape index (κ3) is 11.9. The van der Waals surface area contributed by atoms with E-state index in [2.05, 4.69) is 53.2 Å². The van der Waals surface area contributed by atoms with Gasteiger partial charge in [0.15, 0.2) is 0 Å². The van der Waals surface area contributed by atoms with Crippen molar-refractivity contribution in [2.75, 3.05) is 0 Å². The molecule has 116 valence electrons. The third-order valence-electron chi connectivity index (χ3n) is 3.97. The van der Waals surface area contributed by atoms with Gasteiger partial charge in [-0.2, -0.15) is 0 Å². The van der Waals surface area contributed by atoms with Crippen molar-refractivity contribution in [2.45, 2.75) is 82.4 Å². The van der Waals surface area contributed by atoms with E-state index in [-0.39, 0.29) is 29.6 Å². The van der Waals surface area contributed by atoms with Crippen LogP contribution in [0.5, 0.6) is 0 Å². The molecule has 1 aromatic rings. The Hall–Kier alpha value is 0.700. The minimum absolute atomic E-state index is 0. The fourth-order valence-corrected chi connectivity index (χ4v) is 3.27. The van der Waals surface area contributed by atoms with Crippen LogP contribution in [-0.4, -0.2) is 29.6 Å². The summed E-state index contributed by atoms with van der Waals surface area (Å²) < 4.78 is 0. The normalized spacial score (nSPS) is 11.9. The Morgan fingerprint density at radius 2 is 1.24 bits per heavy atom. The van der Waals surface area contributed by atoms with Gasteiger partial charge in [-0.25, -0.2) is 0 Å². The monoisotopic (exact) mass is 362 g/mol. The molecule has 1 unspecified atom stereocenters. The summed E-state index contributed by atoms with van der Waals surface area (Å²) in [5.41, 5.74) is 1.42. The van der Waals surface area contributed by atoms with Gasteiger partial charge in [0.05, 0.1) is 0 Å². The van der Waals surface area contributed by atoms with E-state index in [0.29, 0.717) is 4.83 Å². The molecular weight excluding hydrogens is 331 g/mol. The number of alkyl halides is 1. The molecule has 1 aromatic carbocycles. The Bertz CT molecular complexity index is 313. The molecule has 0 nitrogen and oxygen atoms in total. The maximum atomic E-state index is 3.80. The fraction of sp³-hybridized carbons (Fsp3) is 0.684. The molecule has 0 aromatic heterocycles. The van der Waals surface area contributed by atoms with Crippen molar-refractivity contribution in [1.29, 1.82) is 0 Å². The number of halogens is 1. The zero-order chi connectivity index (χ0) is 14.5. The first-order chi connectivity index (χ1) is 9.84. The Morgan fingerprint density at radius 1 is 0.762 bits per heavy atom. The van der Waals surface area contributed by atoms with E-state index >= 15 is 0 Å². The summed E-state index contributed by atoms with van der Waals surface area (Å²) in [6.07, 6.45) is 15.4. The van der Waals surface area contributed by atoms with Gasteiger partial charge in [0.1, 0.15) is 0 Å². The molecule has 0 N–H and O–H groups in total. The first-order valence-electron chi connectivity index (χ1n) is 8.53. The Morgan fingerprint density at radius 3 is 1.76 bits per heavy atom. The molecule has 0 heterocycles. The number of rotatable bonds is 12. The van der Waals surface area contributed by atoms with Crippen LogP contribution in [0.25, 0.3) is 0 Å². The molecule has 0 bridgehead atoms. The summed E-state index contributed by atoms with van der Waals surface area (Å²) in [7, 11) is 0. The van der Waals surface area contributed by atoms with Crippen molar-refractivity contribution in [3.8, 4) is 0 Å². The van der Waals surface area contributed by atoms with Gasteiger partial charge in [0.25, 0.3) is 0 Å². The topological polar surface area (TPSA) is 0 Å². The van der Waals surface area contributed by atoms with Gasteiger partial charge in [-0.1, -0.05) is 117 Å². The van der Waals surface area contributed by atoms with Crippen LogP contribution >= 0.6 is 15.9 Å². The molecule has 2 heteroatoms. The molecule has 1 atom stereocenters. The zero-order valence-electron chi connectivity index (χ0n) is 13.1. The molecule has 21 heavy (non-hydrogen) atoms. The molecule has 0 saturated heterocycles. The SMILES string of the molecule is CCCCCCCCCCCCC(Br)c1ccccc1.[NaH]. The number of benzene rings is 1. The van der Waals surface area contributed by atoms with Gasteiger partial charge in [-0.05, 0) is 12.0 Å². The van der Waals surface area contributed by atoms with Crippen LogP contribution in [0.15, 0.2) is 30.3 Å². The average Bonchev–Trinajstić information content (AvgIpc) is 2.50. The second-order valence-electron chi connectivity index (χ2n) is 5.85. The van der Waals surface area contributed by atoms with Crippen LogP contribution in [-0.2, 0) is 0 Å². The third-order valence-corrected chi connectivity index (χ3v) is 4.96. The summed E-state index contributed by atoms with van der Waals surface area (Å²) in [4.78, 5) is 0.540. The second kappa shape index (κ2) is 15.6. The molecule has 0 amide bonds. The predicted molar refractivity (Wildman–Crippen MR) is 102 cm³/mol. The first-order valence-corrected chi connectivity index (χ1v) is 9.45. The van der Waals surface area contributed by atoms with E-state index in [1.165, 1.54) is 76.2 Å². The second-order valence-corrected chi connectivity index (χ2v) is 6.95. The van der Waals surface area contributed by atoms with Crippen molar-refractivity contribution in [2.24, 2.45) is 0 Å². The van der Waals surface area contributed by atoms with Crippen molar-refractivity contribution in [1.82, 2.24) is 0 Å². The first kappa shape index (κ1) is 21.7. The Balaban J connectivity index is 0.00000400. The quantitative estimate of drug-likeness (QED) is 0.218. The van der Waals surface area contributed by atoms with Crippen LogP contribution in [0.4, 0.5) is 0 Å². The van der Waals surface area contributed by atoms with Gasteiger partial charge in [0, 0.05) is 4.83 Å². The van der Waals surface area contributed by atoms with Gasteiger partial charge in [-0.15, -0.1) is 0 Å². The van der Waals surface area contributed by atoms with Crippen LogP contribution in [0, 0.1) is 0 Å². The molecular formula is C19H32BrNa. The summed E-state index contributed by atoms with van der Waals surface area (Å²) in [5, 5.41) is 0. The number of unbranched alkanes of at least 4 members (excludes halogenated alkanes) is 9. The predicted octanol–water partition coefficient (Wildman–Crippen LogP) is 6.79. The summed E-state index contributed by atoms with van der Waals surface area (Å²) in [5.74, 6) is 0. The van der Waals surface area contributed by atoms with Crippen molar-refractivity contribution >= 4 is 45.5 Å². The van der Waals surface area contributed by atoms with E-state index in [1.54, 1.807) is 0 Å². The molecule has 0 radical (unpaired) electrons. The van der Waals surface area contributed by atoms with Gasteiger partial charge in [-0.3, -0.25) is 0 Å². The standard InChI is InChI=1S/C19H31Br.Na.H/c1-2-3-4-5-6-7-8-9-10-14-17-19(20)18-15-12-11-13-16-18;;/h11-13,15-16,19H,2-10,14,17H2,1H3;;. The minimum atomic E-state index is 0. The van der Waals surface area contributed by atoms with Crippen LogP contribution in [0.3, 0.4) is 0 Å². The van der Waals surface area contributed by atoms with Gasteiger partial charge in [0.2, 0.25) is 0 Å². The van der Waals surface area contributed by atoms with E-state index in [0.717, 1.165) is 0 Å². The number of hydrogen-bond donors (Lipinski definition) is 0. The van der Waals surface area contributed by atoms with Crippen LogP contribution in [0.1, 0.15) is 87.9 Å². The van der Waals surface area contributed by atoms with Gasteiger partial charge < -0.3 is 0 Å². The summed E-state index contributed by atoms with van der Waals surface area (Å²) in [6.45, 7) is 2.28. The van der Waals surface area contributed by atoms with Gasteiger partial charge >= 0.3 is 29.6 Å². The van der Waals surface area contributed by atoms with E-state index in [4.69, 9.17) is 0 Å². The van der Waals surface area contributed by atoms with Crippen molar-refractivity contribution in [3.63, 3.8) is 0 Å². The molecule has 0 fully saturated rings.